The van der Waals surface area contributed by atoms with Gasteiger partial charge in [0, 0.05) is 13.2 Å². The van der Waals surface area contributed by atoms with Crippen LogP contribution in [0.3, 0.4) is 0 Å². The molecule has 0 heterocycles. The van der Waals surface area contributed by atoms with Crippen molar-refractivity contribution >= 4 is 6.03 Å². The third-order valence-corrected chi connectivity index (χ3v) is 1.50. The van der Waals surface area contributed by atoms with E-state index in [-0.39, 0.29) is 25.2 Å². The molecule has 14 heavy (non-hydrogen) atoms. The number of amides is 2. The molecule has 0 fully saturated rings. The largest absolute Gasteiger partial charge is 0.386 e. The molecule has 0 aromatic carbocycles. The maximum absolute atomic E-state index is 11.1. The number of carbonyl (C=O) groups excluding carboxylic acids is 1. The Morgan fingerprint density at radius 3 is 2.57 bits per heavy atom. The van der Waals surface area contributed by atoms with E-state index in [1.54, 1.807) is 6.92 Å². The third kappa shape index (κ3) is 6.68. The molecule has 0 rings (SSSR count). The first-order valence-corrected chi connectivity index (χ1v) is 4.63. The zero-order chi connectivity index (χ0) is 11.2. The number of methoxy groups -OCH3 is 1. The van der Waals surface area contributed by atoms with E-state index in [2.05, 4.69) is 10.6 Å². The third-order valence-electron chi connectivity index (χ3n) is 1.50. The second-order valence-electron chi connectivity index (χ2n) is 3.91. The quantitative estimate of drug-likeness (QED) is 0.594. The number of hydrogen-bond donors (Lipinski definition) is 3. The van der Waals surface area contributed by atoms with Gasteiger partial charge in [0.05, 0.1) is 13.2 Å². The van der Waals surface area contributed by atoms with Crippen molar-refractivity contribution in [3.05, 3.63) is 0 Å². The van der Waals surface area contributed by atoms with Crippen molar-refractivity contribution in [3.8, 4) is 0 Å². The smallest absolute Gasteiger partial charge is 0.315 e. The summed E-state index contributed by atoms with van der Waals surface area (Å²) in [5.74, 6) is 0. The highest BCUT2D eigenvalue weighted by atomic mass is 16.5. The van der Waals surface area contributed by atoms with E-state index in [1.807, 2.05) is 13.8 Å². The summed E-state index contributed by atoms with van der Waals surface area (Å²) in [6, 6.07) is -0.196. The Bertz CT molecular complexity index is 181. The lowest BCUT2D eigenvalue weighted by molar-refractivity contribution is -0.0136. The second-order valence-corrected chi connectivity index (χ2v) is 3.91. The normalized spacial score (nSPS) is 15.0. The van der Waals surface area contributed by atoms with Gasteiger partial charge >= 0.3 is 6.03 Å². The molecule has 0 aromatic rings. The minimum Gasteiger partial charge on any atom is -0.386 e. The molecule has 0 spiro atoms. The van der Waals surface area contributed by atoms with Crippen LogP contribution in [-0.4, -0.2) is 43.0 Å². The van der Waals surface area contributed by atoms with Crippen molar-refractivity contribution in [2.45, 2.75) is 32.4 Å². The van der Waals surface area contributed by atoms with Crippen LogP contribution in [0.4, 0.5) is 4.79 Å². The number of hydrogen-bond acceptors (Lipinski definition) is 3. The Morgan fingerprint density at radius 2 is 2.14 bits per heavy atom. The summed E-state index contributed by atoms with van der Waals surface area (Å²) in [6.07, 6.45) is 0. The van der Waals surface area contributed by atoms with Crippen molar-refractivity contribution in [3.63, 3.8) is 0 Å². The molecule has 1 unspecified atom stereocenters. The molecule has 0 aromatic heterocycles. The average Bonchev–Trinajstić information content (AvgIpc) is 2.00. The van der Waals surface area contributed by atoms with E-state index in [9.17, 15) is 9.90 Å². The Balaban J connectivity index is 3.75. The van der Waals surface area contributed by atoms with Gasteiger partial charge in [0.2, 0.25) is 0 Å². The Kier molecular flexibility index (Phi) is 5.49. The number of aliphatic hydroxyl groups is 1. The molecule has 0 radical (unpaired) electrons. The van der Waals surface area contributed by atoms with E-state index < -0.39 is 5.60 Å². The number of rotatable bonds is 5. The van der Waals surface area contributed by atoms with Crippen molar-refractivity contribution in [2.24, 2.45) is 0 Å². The molecule has 1 atom stereocenters. The molecule has 3 N–H and O–H groups in total. The van der Waals surface area contributed by atoms with Crippen LogP contribution in [0.15, 0.2) is 0 Å². The predicted molar refractivity (Wildman–Crippen MR) is 54.2 cm³/mol. The number of urea groups is 1. The average molecular weight is 204 g/mol. The van der Waals surface area contributed by atoms with Crippen LogP contribution in [0, 0.1) is 0 Å². The molecule has 84 valence electrons. The Labute approximate surface area is 84.8 Å². The monoisotopic (exact) mass is 204 g/mol. The van der Waals surface area contributed by atoms with Gasteiger partial charge < -0.3 is 20.5 Å². The van der Waals surface area contributed by atoms with Gasteiger partial charge in [-0.3, -0.25) is 0 Å². The van der Waals surface area contributed by atoms with Crippen LogP contribution in [0.2, 0.25) is 0 Å². The van der Waals surface area contributed by atoms with Crippen molar-refractivity contribution in [2.75, 3.05) is 20.3 Å². The number of carbonyl (C=O) groups is 1. The van der Waals surface area contributed by atoms with Gasteiger partial charge in [0.25, 0.3) is 0 Å². The van der Waals surface area contributed by atoms with E-state index >= 15 is 0 Å². The standard InChI is InChI=1S/C9H20N2O3/c1-7(2)11-8(12)10-5-9(3,13)6-14-4/h7,13H,5-6H2,1-4H3,(H2,10,11,12). The molecule has 2 amide bonds. The number of ether oxygens (including phenoxy) is 1. The first-order valence-electron chi connectivity index (χ1n) is 4.63. The summed E-state index contributed by atoms with van der Waals surface area (Å²) in [4.78, 5) is 11.1. The second kappa shape index (κ2) is 5.82. The molecular weight excluding hydrogens is 184 g/mol. The summed E-state index contributed by atoms with van der Waals surface area (Å²) < 4.78 is 4.80. The van der Waals surface area contributed by atoms with E-state index in [0.29, 0.717) is 0 Å². The lowest BCUT2D eigenvalue weighted by Crippen LogP contribution is -2.48. The predicted octanol–water partition coefficient (Wildman–Crippen LogP) is 0.0914. The van der Waals surface area contributed by atoms with Gasteiger partial charge in [0.1, 0.15) is 5.60 Å². The molecule has 5 heteroatoms. The van der Waals surface area contributed by atoms with Crippen molar-refractivity contribution in [1.82, 2.24) is 10.6 Å². The fourth-order valence-corrected chi connectivity index (χ4v) is 0.946. The molecule has 5 nitrogen and oxygen atoms in total. The fraction of sp³-hybridized carbons (Fsp3) is 0.889. The topological polar surface area (TPSA) is 70.6 Å². The maximum atomic E-state index is 11.1. The van der Waals surface area contributed by atoms with E-state index in [4.69, 9.17) is 4.74 Å². The highest BCUT2D eigenvalue weighted by Gasteiger charge is 2.20. The Hall–Kier alpha value is -0.810. The van der Waals surface area contributed by atoms with Crippen molar-refractivity contribution in [1.29, 1.82) is 0 Å². The van der Waals surface area contributed by atoms with Gasteiger partial charge in [-0.25, -0.2) is 4.79 Å². The van der Waals surface area contributed by atoms with Crippen LogP contribution in [-0.2, 0) is 4.74 Å². The summed E-state index contributed by atoms with van der Waals surface area (Å²) >= 11 is 0. The van der Waals surface area contributed by atoms with Crippen LogP contribution in [0.25, 0.3) is 0 Å². The van der Waals surface area contributed by atoms with E-state index in [0.717, 1.165) is 0 Å². The molecule has 0 saturated heterocycles. The zero-order valence-electron chi connectivity index (χ0n) is 9.26. The van der Waals surface area contributed by atoms with E-state index in [1.165, 1.54) is 7.11 Å². The van der Waals surface area contributed by atoms with Gasteiger partial charge in [-0.1, -0.05) is 0 Å². The van der Waals surface area contributed by atoms with Gasteiger partial charge in [-0.2, -0.15) is 0 Å². The SMILES string of the molecule is COCC(C)(O)CNC(=O)NC(C)C. The van der Waals surface area contributed by atoms with Crippen LogP contribution < -0.4 is 10.6 Å². The molecule has 0 aliphatic carbocycles. The van der Waals surface area contributed by atoms with Crippen molar-refractivity contribution < 1.29 is 14.6 Å². The zero-order valence-corrected chi connectivity index (χ0v) is 9.26. The van der Waals surface area contributed by atoms with Crippen LogP contribution in [0.5, 0.6) is 0 Å². The van der Waals surface area contributed by atoms with Crippen LogP contribution in [0.1, 0.15) is 20.8 Å². The lowest BCUT2D eigenvalue weighted by atomic mass is 10.1. The van der Waals surface area contributed by atoms with Gasteiger partial charge in [-0.05, 0) is 20.8 Å². The van der Waals surface area contributed by atoms with Gasteiger partial charge in [0.15, 0.2) is 0 Å². The molecular formula is C9H20N2O3. The summed E-state index contributed by atoms with van der Waals surface area (Å²) in [5, 5.41) is 14.8. The highest BCUT2D eigenvalue weighted by molar-refractivity contribution is 5.74. The first-order chi connectivity index (χ1) is 6.37. The molecule has 0 aliphatic heterocycles. The lowest BCUT2D eigenvalue weighted by Gasteiger charge is -2.22. The summed E-state index contributed by atoms with van der Waals surface area (Å²) in [5.41, 5.74) is -1.02. The molecule has 0 aliphatic rings. The summed E-state index contributed by atoms with van der Waals surface area (Å²) in [7, 11) is 1.50. The number of nitrogens with one attached hydrogen (secondary N) is 2. The summed E-state index contributed by atoms with van der Waals surface area (Å²) in [6.45, 7) is 5.69. The highest BCUT2D eigenvalue weighted by Crippen LogP contribution is 2.00. The minimum absolute atomic E-state index is 0.0855. The minimum atomic E-state index is -1.02. The maximum Gasteiger partial charge on any atom is 0.315 e. The van der Waals surface area contributed by atoms with Gasteiger partial charge in [-0.15, -0.1) is 0 Å². The molecule has 0 saturated carbocycles. The fourth-order valence-electron chi connectivity index (χ4n) is 0.946. The molecule has 0 bridgehead atoms. The van der Waals surface area contributed by atoms with Crippen LogP contribution >= 0.6 is 0 Å². The Morgan fingerprint density at radius 1 is 1.57 bits per heavy atom. The first kappa shape index (κ1) is 13.2.